The first kappa shape index (κ1) is 32.3. The van der Waals surface area contributed by atoms with Gasteiger partial charge in [-0.05, 0) is 64.5 Å². The number of nitrogens with zero attached hydrogens (tertiary/aromatic N) is 7. The van der Waals surface area contributed by atoms with Crippen molar-refractivity contribution in [1.82, 2.24) is 40.0 Å². The Kier molecular flexibility index (Phi) is 8.24. The van der Waals surface area contributed by atoms with Gasteiger partial charge in [0.15, 0.2) is 5.82 Å². The van der Waals surface area contributed by atoms with Gasteiger partial charge in [0.1, 0.15) is 0 Å². The zero-order valence-corrected chi connectivity index (χ0v) is 29.3. The van der Waals surface area contributed by atoms with E-state index in [1.54, 1.807) is 7.05 Å². The summed E-state index contributed by atoms with van der Waals surface area (Å²) in [6.45, 7) is 17.2. The SMILES string of the molecule is C=CC(=O)N1CC2(CC(n3nc(N4CC[C@@H](CN5CCN(C(=O)NC)CC5)CC4(C)C)c(-c4c(Cl)c(Cl)cc5[nH]ncc45)c3C)C2)C1. The third-order valence-corrected chi connectivity index (χ3v) is 12.0. The van der Waals surface area contributed by atoms with Gasteiger partial charge in [0.2, 0.25) is 5.91 Å². The molecule has 1 atom stereocenters. The Balaban J connectivity index is 1.17. The second kappa shape index (κ2) is 12.0. The van der Waals surface area contributed by atoms with Crippen LogP contribution < -0.4 is 10.2 Å². The molecule has 3 saturated heterocycles. The predicted octanol–water partition coefficient (Wildman–Crippen LogP) is 5.34. The molecule has 11 nitrogen and oxygen atoms in total. The first-order valence-corrected chi connectivity index (χ1v) is 17.5. The fraction of sp³-hybridized carbons (Fsp3) is 0.588. The highest BCUT2D eigenvalue weighted by Crippen LogP contribution is 2.56. The topological polar surface area (TPSA) is 106 Å². The van der Waals surface area contributed by atoms with Gasteiger partial charge in [0.25, 0.3) is 0 Å². The van der Waals surface area contributed by atoms with Crippen molar-refractivity contribution in [3.05, 3.63) is 40.7 Å². The maximum Gasteiger partial charge on any atom is 0.317 e. The second-order valence-corrected chi connectivity index (χ2v) is 15.5. The Hall–Kier alpha value is -3.28. The molecule has 4 aliphatic rings. The number of urea groups is 1. The largest absolute Gasteiger partial charge is 0.349 e. The molecule has 13 heteroatoms. The molecule has 1 spiro atoms. The summed E-state index contributed by atoms with van der Waals surface area (Å²) in [6, 6.07) is 2.09. The van der Waals surface area contributed by atoms with Crippen LogP contribution in [0, 0.1) is 18.3 Å². The van der Waals surface area contributed by atoms with Gasteiger partial charge in [0, 0.05) is 92.6 Å². The molecule has 1 saturated carbocycles. The Morgan fingerprint density at radius 3 is 2.47 bits per heavy atom. The van der Waals surface area contributed by atoms with Crippen LogP contribution in [0.15, 0.2) is 24.9 Å². The minimum atomic E-state index is -0.159. The lowest BCUT2D eigenvalue weighted by molar-refractivity contribution is -0.149. The molecular weight excluding hydrogens is 637 g/mol. The molecule has 252 valence electrons. The lowest BCUT2D eigenvalue weighted by atomic mass is 9.60. The minimum Gasteiger partial charge on any atom is -0.349 e. The van der Waals surface area contributed by atoms with Crippen LogP contribution in [0.1, 0.15) is 51.3 Å². The van der Waals surface area contributed by atoms with E-state index in [0.717, 1.165) is 112 Å². The number of nitrogens with one attached hydrogen (secondary N) is 2. The highest BCUT2D eigenvalue weighted by Gasteiger charge is 2.54. The zero-order chi connectivity index (χ0) is 33.2. The summed E-state index contributed by atoms with van der Waals surface area (Å²) in [6.07, 6.45) is 7.28. The lowest BCUT2D eigenvalue weighted by Crippen LogP contribution is -2.63. The number of piperidine rings is 1. The summed E-state index contributed by atoms with van der Waals surface area (Å²) in [4.78, 5) is 33.0. The standard InChI is InChI=1S/C34H45Cl2N9O2/c1-6-27(46)43-19-34(20-43)15-23(16-34)45-21(2)28(29-24-17-38-39-26(24)13-25(35)30(29)36)31(40-45)44-8-7-22(14-33(44,3)4)18-41-9-11-42(12-10-41)32(47)37-5/h6,13,17,22-23H,1,7-12,14-16,18-20H2,2-5H3,(H,37,47)(H,38,39)/t22-/m1/s1. The van der Waals surface area contributed by atoms with Crippen LogP contribution >= 0.6 is 23.2 Å². The molecule has 3 aromatic rings. The Morgan fingerprint density at radius 2 is 1.81 bits per heavy atom. The number of amides is 3. The van der Waals surface area contributed by atoms with Gasteiger partial charge in [0.05, 0.1) is 27.8 Å². The summed E-state index contributed by atoms with van der Waals surface area (Å²) in [7, 11) is 1.69. The number of hydrogen-bond acceptors (Lipinski definition) is 6. The van der Waals surface area contributed by atoms with Crippen molar-refractivity contribution in [1.29, 1.82) is 0 Å². The second-order valence-electron chi connectivity index (χ2n) is 14.7. The highest BCUT2D eigenvalue weighted by molar-refractivity contribution is 6.45. The third-order valence-electron chi connectivity index (χ3n) is 11.2. The van der Waals surface area contributed by atoms with Crippen molar-refractivity contribution in [2.24, 2.45) is 11.3 Å². The minimum absolute atomic E-state index is 0.00616. The average molecular weight is 683 g/mol. The lowest BCUT2D eigenvalue weighted by Gasteiger charge is -2.58. The van der Waals surface area contributed by atoms with Crippen molar-refractivity contribution in [3.63, 3.8) is 0 Å². The normalized spacial score (nSPS) is 22.8. The Labute approximate surface area is 286 Å². The molecule has 47 heavy (non-hydrogen) atoms. The van der Waals surface area contributed by atoms with E-state index in [-0.39, 0.29) is 28.9 Å². The van der Waals surface area contributed by atoms with Crippen LogP contribution in [-0.2, 0) is 4.79 Å². The smallest absolute Gasteiger partial charge is 0.317 e. The number of aromatic nitrogens is 4. The molecule has 3 amide bonds. The summed E-state index contributed by atoms with van der Waals surface area (Å²) in [5.41, 5.74) is 3.79. The van der Waals surface area contributed by atoms with Crippen molar-refractivity contribution in [2.75, 3.05) is 64.3 Å². The molecule has 1 aromatic carbocycles. The van der Waals surface area contributed by atoms with E-state index in [9.17, 15) is 9.59 Å². The molecule has 0 radical (unpaired) electrons. The van der Waals surface area contributed by atoms with Crippen LogP contribution in [0.3, 0.4) is 0 Å². The van der Waals surface area contributed by atoms with Gasteiger partial charge in [-0.25, -0.2) is 4.79 Å². The van der Waals surface area contributed by atoms with E-state index < -0.39 is 0 Å². The zero-order valence-electron chi connectivity index (χ0n) is 27.8. The van der Waals surface area contributed by atoms with E-state index in [1.807, 2.05) is 22.1 Å². The molecular formula is C34H45Cl2N9O2. The number of carbonyl (C=O) groups excluding carboxylic acids is 2. The van der Waals surface area contributed by atoms with Crippen LogP contribution in [0.25, 0.3) is 22.0 Å². The van der Waals surface area contributed by atoms with Crippen molar-refractivity contribution < 1.29 is 9.59 Å². The monoisotopic (exact) mass is 681 g/mol. The number of aromatic amines is 1. The summed E-state index contributed by atoms with van der Waals surface area (Å²) < 4.78 is 2.21. The van der Waals surface area contributed by atoms with Gasteiger partial charge < -0.3 is 20.0 Å². The quantitative estimate of drug-likeness (QED) is 0.340. The molecule has 0 unspecified atom stereocenters. The molecule has 5 heterocycles. The Bertz CT molecular complexity index is 1710. The highest BCUT2D eigenvalue weighted by atomic mass is 35.5. The summed E-state index contributed by atoms with van der Waals surface area (Å²) in [5.74, 6) is 1.49. The van der Waals surface area contributed by atoms with Crippen LogP contribution in [0.5, 0.6) is 0 Å². The number of piperazine rings is 1. The van der Waals surface area contributed by atoms with Gasteiger partial charge in [-0.3, -0.25) is 19.5 Å². The molecule has 2 N–H and O–H groups in total. The maximum atomic E-state index is 12.1. The van der Waals surface area contributed by atoms with Gasteiger partial charge in [-0.1, -0.05) is 29.8 Å². The first-order chi connectivity index (χ1) is 22.4. The molecule has 2 aromatic heterocycles. The molecule has 0 bridgehead atoms. The number of hydrogen-bond donors (Lipinski definition) is 2. The van der Waals surface area contributed by atoms with E-state index in [2.05, 4.69) is 57.3 Å². The molecule has 7 rings (SSSR count). The fourth-order valence-electron chi connectivity index (χ4n) is 8.78. The number of halogens is 2. The number of H-pyrrole nitrogens is 1. The van der Waals surface area contributed by atoms with E-state index in [4.69, 9.17) is 28.3 Å². The van der Waals surface area contributed by atoms with Crippen molar-refractivity contribution in [2.45, 2.75) is 58.0 Å². The van der Waals surface area contributed by atoms with Gasteiger partial charge in [-0.2, -0.15) is 10.2 Å². The van der Waals surface area contributed by atoms with Crippen LogP contribution in [-0.4, -0.2) is 112 Å². The van der Waals surface area contributed by atoms with Crippen LogP contribution in [0.4, 0.5) is 10.6 Å². The molecule has 4 fully saturated rings. The number of benzene rings is 1. The maximum absolute atomic E-state index is 12.1. The van der Waals surface area contributed by atoms with E-state index >= 15 is 0 Å². The Morgan fingerprint density at radius 1 is 1.09 bits per heavy atom. The summed E-state index contributed by atoms with van der Waals surface area (Å²) >= 11 is 13.8. The van der Waals surface area contributed by atoms with E-state index in [1.165, 1.54) is 6.08 Å². The summed E-state index contributed by atoms with van der Waals surface area (Å²) in [5, 5.41) is 17.5. The first-order valence-electron chi connectivity index (χ1n) is 16.7. The number of fused-ring (bicyclic) bond motifs is 1. The predicted molar refractivity (Wildman–Crippen MR) is 186 cm³/mol. The third kappa shape index (κ3) is 5.57. The number of likely N-dealkylation sites (tertiary alicyclic amines) is 1. The molecule has 1 aliphatic carbocycles. The number of rotatable bonds is 6. The number of anilines is 1. The van der Waals surface area contributed by atoms with Crippen LogP contribution in [0.2, 0.25) is 10.0 Å². The average Bonchev–Trinajstić information content (AvgIpc) is 3.60. The van der Waals surface area contributed by atoms with Crippen molar-refractivity contribution in [3.8, 4) is 11.1 Å². The van der Waals surface area contributed by atoms with Gasteiger partial charge >= 0.3 is 6.03 Å². The van der Waals surface area contributed by atoms with Crippen molar-refractivity contribution >= 4 is 51.9 Å². The molecule has 3 aliphatic heterocycles. The van der Waals surface area contributed by atoms with E-state index in [0.29, 0.717) is 16.0 Å². The fourth-order valence-corrected chi connectivity index (χ4v) is 9.23. The number of carbonyl (C=O) groups is 2. The van der Waals surface area contributed by atoms with Gasteiger partial charge in [-0.15, -0.1) is 0 Å².